The Hall–Kier alpha value is -2.57. The number of nitrogens with zero attached hydrogens (tertiary/aromatic N) is 2. The van der Waals surface area contributed by atoms with Crippen LogP contribution in [0.2, 0.25) is 0 Å². The molecule has 0 bridgehead atoms. The third kappa shape index (κ3) is 3.26. The summed E-state index contributed by atoms with van der Waals surface area (Å²) in [6, 6.07) is 9.16. The van der Waals surface area contributed by atoms with E-state index in [2.05, 4.69) is 4.98 Å². The van der Waals surface area contributed by atoms with Gasteiger partial charge >= 0.3 is 0 Å². The highest BCUT2D eigenvalue weighted by atomic mass is 32.1. The van der Waals surface area contributed by atoms with Crippen LogP contribution in [-0.2, 0) is 0 Å². The number of halogens is 2. The second kappa shape index (κ2) is 7.21. The summed E-state index contributed by atoms with van der Waals surface area (Å²) in [6.45, 7) is 0.500. The maximum atomic E-state index is 14.6. The third-order valence-electron chi connectivity index (χ3n) is 4.91. The van der Waals surface area contributed by atoms with Crippen LogP contribution in [0.5, 0.6) is 0 Å². The van der Waals surface area contributed by atoms with E-state index in [-0.39, 0.29) is 5.92 Å². The number of pyridine rings is 1. The lowest BCUT2D eigenvalue weighted by Crippen LogP contribution is -2.16. The standard InChI is InChI=1S/C21H18F2N2OS/c1-25-11-17(16-5-4-15(22)9-18(16)23)19(20(25)14-6-8-27-12-14)21(26)13-3-2-7-24-10-13/h2-10,12,17,21,26H,11H2,1H3. The van der Waals surface area contributed by atoms with Crippen molar-refractivity contribution in [3.8, 4) is 0 Å². The van der Waals surface area contributed by atoms with Crippen LogP contribution in [-0.4, -0.2) is 28.6 Å². The molecule has 0 spiro atoms. The number of hydrogen-bond donors (Lipinski definition) is 1. The number of aliphatic hydroxyl groups is 1. The molecule has 1 aliphatic heterocycles. The molecule has 0 saturated carbocycles. The molecule has 0 amide bonds. The zero-order valence-corrected chi connectivity index (χ0v) is 15.5. The summed E-state index contributed by atoms with van der Waals surface area (Å²) >= 11 is 1.56. The zero-order valence-electron chi connectivity index (χ0n) is 14.6. The first kappa shape index (κ1) is 17.8. The van der Waals surface area contributed by atoms with E-state index in [9.17, 15) is 13.9 Å². The molecule has 0 aliphatic carbocycles. The molecule has 1 aromatic carbocycles. The third-order valence-corrected chi connectivity index (χ3v) is 5.60. The van der Waals surface area contributed by atoms with Crippen molar-refractivity contribution in [2.24, 2.45) is 0 Å². The van der Waals surface area contributed by atoms with E-state index in [0.29, 0.717) is 23.2 Å². The molecule has 3 nitrogen and oxygen atoms in total. The van der Waals surface area contributed by atoms with Gasteiger partial charge < -0.3 is 10.0 Å². The van der Waals surface area contributed by atoms with E-state index in [1.54, 1.807) is 35.9 Å². The lowest BCUT2D eigenvalue weighted by atomic mass is 9.86. The van der Waals surface area contributed by atoms with Crippen LogP contribution in [0.1, 0.15) is 28.7 Å². The van der Waals surface area contributed by atoms with Crippen molar-refractivity contribution in [2.45, 2.75) is 12.0 Å². The SMILES string of the molecule is CN1CC(c2ccc(F)cc2F)C(C(O)c2cccnc2)=C1c1ccsc1. The smallest absolute Gasteiger partial charge is 0.129 e. The van der Waals surface area contributed by atoms with Gasteiger partial charge in [0.05, 0.1) is 0 Å². The van der Waals surface area contributed by atoms with Crippen molar-refractivity contribution in [2.75, 3.05) is 13.6 Å². The van der Waals surface area contributed by atoms with Crippen molar-refractivity contribution in [1.82, 2.24) is 9.88 Å². The molecule has 2 atom stereocenters. The van der Waals surface area contributed by atoms with Crippen molar-refractivity contribution >= 4 is 17.0 Å². The maximum Gasteiger partial charge on any atom is 0.129 e. The number of aromatic nitrogens is 1. The minimum absolute atomic E-state index is 0.381. The molecule has 4 rings (SSSR count). The van der Waals surface area contributed by atoms with Gasteiger partial charge in [0.15, 0.2) is 0 Å². The van der Waals surface area contributed by atoms with Gasteiger partial charge in [-0.1, -0.05) is 12.1 Å². The molecular formula is C21H18F2N2OS. The Morgan fingerprint density at radius 1 is 1.26 bits per heavy atom. The number of likely N-dealkylation sites (N-methyl/N-ethyl adjacent to an activating group) is 1. The molecule has 0 radical (unpaired) electrons. The van der Waals surface area contributed by atoms with Crippen molar-refractivity contribution in [1.29, 1.82) is 0 Å². The minimum Gasteiger partial charge on any atom is -0.384 e. The highest BCUT2D eigenvalue weighted by Crippen LogP contribution is 2.46. The molecule has 2 unspecified atom stereocenters. The largest absolute Gasteiger partial charge is 0.384 e. The summed E-state index contributed by atoms with van der Waals surface area (Å²) in [7, 11) is 1.92. The van der Waals surface area contributed by atoms with Crippen molar-refractivity contribution < 1.29 is 13.9 Å². The van der Waals surface area contributed by atoms with Crippen LogP contribution in [0, 0.1) is 11.6 Å². The lowest BCUT2D eigenvalue weighted by Gasteiger charge is -2.21. The van der Waals surface area contributed by atoms with Gasteiger partial charge in [0.1, 0.15) is 17.7 Å². The molecule has 3 aromatic rings. The second-order valence-electron chi connectivity index (χ2n) is 6.60. The summed E-state index contributed by atoms with van der Waals surface area (Å²) in [5.74, 6) is -1.60. The summed E-state index contributed by atoms with van der Waals surface area (Å²) in [4.78, 5) is 6.11. The average molecular weight is 384 g/mol. The van der Waals surface area contributed by atoms with Crippen LogP contribution in [0.4, 0.5) is 8.78 Å². The molecule has 0 saturated heterocycles. The maximum absolute atomic E-state index is 14.6. The molecule has 6 heteroatoms. The van der Waals surface area contributed by atoms with Crippen LogP contribution < -0.4 is 0 Å². The Morgan fingerprint density at radius 2 is 2.11 bits per heavy atom. The van der Waals surface area contributed by atoms with Crippen molar-refractivity contribution in [3.63, 3.8) is 0 Å². The Morgan fingerprint density at radius 3 is 2.78 bits per heavy atom. The normalized spacial score (nSPS) is 18.2. The molecule has 138 valence electrons. The minimum atomic E-state index is -0.937. The Balaban J connectivity index is 1.89. The monoisotopic (exact) mass is 384 g/mol. The summed E-state index contributed by atoms with van der Waals surface area (Å²) in [5.41, 5.74) is 3.58. The fourth-order valence-electron chi connectivity index (χ4n) is 3.72. The van der Waals surface area contributed by atoms with Crippen molar-refractivity contribution in [3.05, 3.63) is 93.4 Å². The topological polar surface area (TPSA) is 36.4 Å². The van der Waals surface area contributed by atoms with Gasteiger partial charge in [0.25, 0.3) is 0 Å². The van der Waals surface area contributed by atoms with E-state index in [0.717, 1.165) is 17.3 Å². The van der Waals surface area contributed by atoms with Crippen LogP contribution >= 0.6 is 11.3 Å². The van der Waals surface area contributed by atoms with Crippen LogP contribution in [0.15, 0.2) is 65.1 Å². The van der Waals surface area contributed by atoms with Crippen LogP contribution in [0.25, 0.3) is 5.70 Å². The lowest BCUT2D eigenvalue weighted by molar-refractivity contribution is 0.209. The number of benzene rings is 1. The summed E-state index contributed by atoms with van der Waals surface area (Å²) in [5, 5.41) is 15.1. The van der Waals surface area contributed by atoms with Gasteiger partial charge in [-0.25, -0.2) is 8.78 Å². The Kier molecular flexibility index (Phi) is 4.76. The molecule has 1 aliphatic rings. The van der Waals surface area contributed by atoms with Gasteiger partial charge in [-0.05, 0) is 34.7 Å². The fraction of sp³-hybridized carbons (Fsp3) is 0.190. The quantitative estimate of drug-likeness (QED) is 0.714. The highest BCUT2D eigenvalue weighted by molar-refractivity contribution is 7.08. The first-order valence-corrected chi connectivity index (χ1v) is 9.51. The zero-order chi connectivity index (χ0) is 19.0. The van der Waals surface area contributed by atoms with E-state index in [4.69, 9.17) is 0 Å². The van der Waals surface area contributed by atoms with Gasteiger partial charge in [0.2, 0.25) is 0 Å². The predicted molar refractivity (Wildman–Crippen MR) is 102 cm³/mol. The van der Waals surface area contributed by atoms with Gasteiger partial charge in [-0.2, -0.15) is 11.3 Å². The van der Waals surface area contributed by atoms with Gasteiger partial charge in [-0.15, -0.1) is 0 Å². The van der Waals surface area contributed by atoms with E-state index in [1.165, 1.54) is 12.1 Å². The molecule has 3 heterocycles. The fourth-order valence-corrected chi connectivity index (χ4v) is 4.36. The van der Waals surface area contributed by atoms with Gasteiger partial charge in [-0.3, -0.25) is 4.98 Å². The number of rotatable bonds is 4. The molecule has 0 fully saturated rings. The highest BCUT2D eigenvalue weighted by Gasteiger charge is 2.37. The summed E-state index contributed by atoms with van der Waals surface area (Å²) in [6.07, 6.45) is 2.31. The molecule has 2 aromatic heterocycles. The molecule has 27 heavy (non-hydrogen) atoms. The molecule has 1 N–H and O–H groups in total. The van der Waals surface area contributed by atoms with E-state index >= 15 is 0 Å². The Bertz CT molecular complexity index is 973. The predicted octanol–water partition coefficient (Wildman–Crippen LogP) is 4.60. The van der Waals surface area contributed by atoms with Crippen LogP contribution in [0.3, 0.4) is 0 Å². The average Bonchev–Trinajstić information content (AvgIpc) is 3.29. The first-order valence-electron chi connectivity index (χ1n) is 8.57. The second-order valence-corrected chi connectivity index (χ2v) is 7.38. The Labute approximate surface area is 160 Å². The number of thiophene rings is 1. The summed E-state index contributed by atoms with van der Waals surface area (Å²) < 4.78 is 28.0. The number of aliphatic hydroxyl groups excluding tert-OH is 1. The van der Waals surface area contributed by atoms with E-state index < -0.39 is 17.7 Å². The first-order chi connectivity index (χ1) is 13.1. The van der Waals surface area contributed by atoms with E-state index in [1.807, 2.05) is 28.8 Å². The number of hydrogen-bond acceptors (Lipinski definition) is 4. The molecular weight excluding hydrogens is 366 g/mol. The van der Waals surface area contributed by atoms with Gasteiger partial charge in [0, 0.05) is 60.2 Å².